The van der Waals surface area contributed by atoms with E-state index in [1.54, 1.807) is 0 Å². The van der Waals surface area contributed by atoms with Crippen molar-refractivity contribution in [2.75, 3.05) is 13.2 Å². The second-order valence-corrected chi connectivity index (χ2v) is 18.1. The molecule has 0 bridgehead atoms. The number of carbonyl (C=O) groups excluding carboxylic acids is 3. The summed E-state index contributed by atoms with van der Waals surface area (Å²) in [6.07, 6.45) is 70.0. The highest BCUT2D eigenvalue weighted by atomic mass is 16.6. The van der Waals surface area contributed by atoms with Crippen LogP contribution in [-0.4, -0.2) is 37.2 Å². The molecule has 1 atom stereocenters. The first-order valence-electron chi connectivity index (χ1n) is 27.6. The minimum Gasteiger partial charge on any atom is -0.462 e. The van der Waals surface area contributed by atoms with Gasteiger partial charge in [0.15, 0.2) is 6.10 Å². The Hall–Kier alpha value is -3.41. The largest absolute Gasteiger partial charge is 0.462 e. The summed E-state index contributed by atoms with van der Waals surface area (Å²) in [6, 6.07) is 0. The Kier molecular flexibility index (Phi) is 51.4. The maximum atomic E-state index is 12.8. The predicted octanol–water partition coefficient (Wildman–Crippen LogP) is 18.4. The number of allylic oxidation sites excluding steroid dienone is 14. The normalized spacial score (nSPS) is 12.7. The van der Waals surface area contributed by atoms with Crippen molar-refractivity contribution in [1.29, 1.82) is 0 Å². The van der Waals surface area contributed by atoms with Gasteiger partial charge in [-0.3, -0.25) is 14.4 Å². The van der Waals surface area contributed by atoms with E-state index in [9.17, 15) is 14.4 Å². The lowest BCUT2D eigenvalue weighted by Crippen LogP contribution is -2.30. The van der Waals surface area contributed by atoms with E-state index >= 15 is 0 Å². The molecule has 0 aliphatic heterocycles. The summed E-state index contributed by atoms with van der Waals surface area (Å²) in [7, 11) is 0. The van der Waals surface area contributed by atoms with E-state index in [1.165, 1.54) is 103 Å². The van der Waals surface area contributed by atoms with Gasteiger partial charge in [0.25, 0.3) is 0 Å². The lowest BCUT2D eigenvalue weighted by Gasteiger charge is -2.18. The van der Waals surface area contributed by atoms with Gasteiger partial charge in [-0.2, -0.15) is 0 Å². The molecule has 6 heteroatoms. The van der Waals surface area contributed by atoms with E-state index in [1.807, 2.05) is 0 Å². The van der Waals surface area contributed by atoms with Gasteiger partial charge in [0, 0.05) is 19.3 Å². The molecule has 0 saturated carbocycles. The van der Waals surface area contributed by atoms with E-state index in [2.05, 4.69) is 106 Å². The number of hydrogen-bond acceptors (Lipinski definition) is 6. The van der Waals surface area contributed by atoms with Crippen molar-refractivity contribution in [2.24, 2.45) is 0 Å². The Morgan fingerprint density at radius 3 is 0.985 bits per heavy atom. The predicted molar refractivity (Wildman–Crippen MR) is 284 cm³/mol. The van der Waals surface area contributed by atoms with Gasteiger partial charge < -0.3 is 14.2 Å². The first-order chi connectivity index (χ1) is 32.5. The van der Waals surface area contributed by atoms with Crippen LogP contribution in [0.15, 0.2) is 85.1 Å². The molecule has 0 N–H and O–H groups in total. The standard InChI is InChI=1S/C60H102O6/c1-4-7-10-13-16-19-22-25-27-29-30-31-33-35-38-41-44-47-50-53-59(62)65-56-57(55-64-58(61)52-49-46-43-40-37-34-24-21-18-15-12-9-6-3)66-60(63)54-51-48-45-42-39-36-32-28-26-23-20-17-14-11-8-5-2/h9,12,16,18-19,21,25,27-28,30-32,34,37,57H,4-8,10-11,13-15,17,20,22-24,26,29,33,35-36,38-56H2,1-3H3/b12-9-,19-16-,21-18-,27-25-,31-30-,32-28-,37-34-. The highest BCUT2D eigenvalue weighted by molar-refractivity contribution is 5.71. The van der Waals surface area contributed by atoms with E-state index in [0.29, 0.717) is 19.3 Å². The van der Waals surface area contributed by atoms with E-state index in [0.717, 1.165) is 116 Å². The van der Waals surface area contributed by atoms with Gasteiger partial charge in [-0.1, -0.05) is 209 Å². The Morgan fingerprint density at radius 2 is 0.591 bits per heavy atom. The fraction of sp³-hybridized carbons (Fsp3) is 0.717. The smallest absolute Gasteiger partial charge is 0.306 e. The third-order valence-electron chi connectivity index (χ3n) is 11.6. The number of esters is 3. The number of ether oxygens (including phenoxy) is 3. The fourth-order valence-electron chi connectivity index (χ4n) is 7.46. The number of carbonyl (C=O) groups is 3. The molecule has 0 aromatic rings. The summed E-state index contributed by atoms with van der Waals surface area (Å²) in [6.45, 7) is 6.46. The van der Waals surface area contributed by atoms with Gasteiger partial charge in [0.2, 0.25) is 0 Å². The summed E-state index contributed by atoms with van der Waals surface area (Å²) in [5, 5.41) is 0. The van der Waals surface area contributed by atoms with Crippen LogP contribution in [0.4, 0.5) is 0 Å². The molecule has 66 heavy (non-hydrogen) atoms. The molecule has 0 aromatic heterocycles. The second kappa shape index (κ2) is 54.2. The highest BCUT2D eigenvalue weighted by Gasteiger charge is 2.19. The van der Waals surface area contributed by atoms with Crippen LogP contribution in [0.3, 0.4) is 0 Å². The molecule has 6 nitrogen and oxygen atoms in total. The van der Waals surface area contributed by atoms with Crippen LogP contribution in [0.1, 0.15) is 258 Å². The molecule has 0 rings (SSSR count). The van der Waals surface area contributed by atoms with Gasteiger partial charge >= 0.3 is 17.9 Å². The minimum absolute atomic E-state index is 0.0965. The SMILES string of the molecule is CC/C=C\C/C=C\C/C=C\CCCCCC(=O)OCC(COC(=O)CCCCCCCC/C=C\C/C=C\C/C=C\CCCCC)OC(=O)CCCCCCC/C=C\CCCCCCCCC. The zero-order valence-electron chi connectivity index (χ0n) is 43.2. The van der Waals surface area contributed by atoms with E-state index in [-0.39, 0.29) is 31.1 Å². The summed E-state index contributed by atoms with van der Waals surface area (Å²) in [4.78, 5) is 38.1. The monoisotopic (exact) mass is 919 g/mol. The van der Waals surface area contributed by atoms with Crippen molar-refractivity contribution in [1.82, 2.24) is 0 Å². The summed E-state index contributed by atoms with van der Waals surface area (Å²) in [5.41, 5.74) is 0. The Labute approximate surface area is 407 Å². The molecule has 0 radical (unpaired) electrons. The molecule has 0 fully saturated rings. The highest BCUT2D eigenvalue weighted by Crippen LogP contribution is 2.14. The van der Waals surface area contributed by atoms with Crippen LogP contribution >= 0.6 is 0 Å². The third kappa shape index (κ3) is 51.6. The average Bonchev–Trinajstić information content (AvgIpc) is 3.31. The zero-order valence-corrected chi connectivity index (χ0v) is 43.2. The Balaban J connectivity index is 4.44. The van der Waals surface area contributed by atoms with Gasteiger partial charge in [-0.05, 0) is 116 Å². The quantitative estimate of drug-likeness (QED) is 0.0262. The molecule has 378 valence electrons. The Morgan fingerprint density at radius 1 is 0.318 bits per heavy atom. The third-order valence-corrected chi connectivity index (χ3v) is 11.6. The summed E-state index contributed by atoms with van der Waals surface area (Å²) < 4.78 is 16.8. The van der Waals surface area contributed by atoms with Crippen molar-refractivity contribution in [3.63, 3.8) is 0 Å². The lowest BCUT2D eigenvalue weighted by atomic mass is 10.1. The Bertz CT molecular complexity index is 1290. The molecule has 0 heterocycles. The molecule has 0 spiro atoms. The molecule has 0 aliphatic rings. The maximum absolute atomic E-state index is 12.8. The van der Waals surface area contributed by atoms with Crippen molar-refractivity contribution in [3.05, 3.63) is 85.1 Å². The van der Waals surface area contributed by atoms with Crippen LogP contribution in [0.25, 0.3) is 0 Å². The molecular formula is C60H102O6. The summed E-state index contributed by atoms with van der Waals surface area (Å²) in [5.74, 6) is -0.944. The average molecular weight is 919 g/mol. The topological polar surface area (TPSA) is 78.9 Å². The lowest BCUT2D eigenvalue weighted by molar-refractivity contribution is -0.167. The van der Waals surface area contributed by atoms with Gasteiger partial charge in [-0.15, -0.1) is 0 Å². The maximum Gasteiger partial charge on any atom is 0.306 e. The van der Waals surface area contributed by atoms with Gasteiger partial charge in [-0.25, -0.2) is 0 Å². The number of rotatable bonds is 49. The molecule has 0 saturated heterocycles. The van der Waals surface area contributed by atoms with Crippen molar-refractivity contribution >= 4 is 17.9 Å². The number of hydrogen-bond donors (Lipinski definition) is 0. The molecule has 1 unspecified atom stereocenters. The number of unbranched alkanes of at least 4 members (excludes halogenated alkanes) is 24. The van der Waals surface area contributed by atoms with Crippen LogP contribution in [0, 0.1) is 0 Å². The van der Waals surface area contributed by atoms with Crippen LogP contribution in [0.5, 0.6) is 0 Å². The van der Waals surface area contributed by atoms with Crippen LogP contribution in [-0.2, 0) is 28.6 Å². The zero-order chi connectivity index (χ0) is 47.9. The molecular weight excluding hydrogens is 817 g/mol. The molecule has 0 aliphatic carbocycles. The first kappa shape index (κ1) is 62.6. The molecule has 0 aromatic carbocycles. The van der Waals surface area contributed by atoms with Crippen molar-refractivity contribution < 1.29 is 28.6 Å². The fourth-order valence-corrected chi connectivity index (χ4v) is 7.46. The van der Waals surface area contributed by atoms with Crippen molar-refractivity contribution in [3.8, 4) is 0 Å². The molecule has 0 amide bonds. The van der Waals surface area contributed by atoms with Gasteiger partial charge in [0.1, 0.15) is 13.2 Å². The van der Waals surface area contributed by atoms with Crippen LogP contribution in [0.2, 0.25) is 0 Å². The minimum atomic E-state index is -0.799. The van der Waals surface area contributed by atoms with E-state index < -0.39 is 6.10 Å². The second-order valence-electron chi connectivity index (χ2n) is 18.1. The summed E-state index contributed by atoms with van der Waals surface area (Å²) >= 11 is 0. The van der Waals surface area contributed by atoms with Crippen molar-refractivity contribution in [2.45, 2.75) is 264 Å². The van der Waals surface area contributed by atoms with E-state index in [4.69, 9.17) is 14.2 Å². The first-order valence-corrected chi connectivity index (χ1v) is 27.6. The van der Waals surface area contributed by atoms with Gasteiger partial charge in [0.05, 0.1) is 0 Å². The van der Waals surface area contributed by atoms with Crippen LogP contribution < -0.4 is 0 Å².